The van der Waals surface area contributed by atoms with Crippen LogP contribution in [-0.4, -0.2) is 20.5 Å². The number of aromatic nitrogens is 3. The van der Waals surface area contributed by atoms with E-state index in [4.69, 9.17) is 5.73 Å². The molecular formula is C11H14N4S. The summed E-state index contributed by atoms with van der Waals surface area (Å²) >= 11 is 1.69. The highest BCUT2D eigenvalue weighted by Crippen LogP contribution is 2.25. The fraction of sp³-hybridized carbons (Fsp3) is 0.273. The van der Waals surface area contributed by atoms with Gasteiger partial charge in [-0.25, -0.2) is 4.98 Å². The third-order valence-electron chi connectivity index (χ3n) is 2.19. The van der Waals surface area contributed by atoms with E-state index in [1.165, 1.54) is 0 Å². The number of hydrogen-bond acceptors (Lipinski definition) is 4. The molecule has 2 aromatic heterocycles. The van der Waals surface area contributed by atoms with E-state index in [0.29, 0.717) is 5.82 Å². The number of aryl methyl sites for hydroxylation is 1. The Morgan fingerprint density at radius 2 is 2.31 bits per heavy atom. The topological polar surface area (TPSA) is 56.7 Å². The number of nitrogens with zero attached hydrogens (tertiary/aromatic N) is 3. The highest BCUT2D eigenvalue weighted by molar-refractivity contribution is 7.99. The van der Waals surface area contributed by atoms with Gasteiger partial charge in [-0.3, -0.25) is 0 Å². The largest absolute Gasteiger partial charge is 0.383 e. The van der Waals surface area contributed by atoms with Crippen LogP contribution in [0.1, 0.15) is 12.5 Å². The van der Waals surface area contributed by atoms with Gasteiger partial charge in [0.1, 0.15) is 5.82 Å². The van der Waals surface area contributed by atoms with Gasteiger partial charge < -0.3 is 5.73 Å². The van der Waals surface area contributed by atoms with Gasteiger partial charge in [-0.1, -0.05) is 6.92 Å². The van der Waals surface area contributed by atoms with E-state index in [-0.39, 0.29) is 0 Å². The van der Waals surface area contributed by atoms with Crippen molar-refractivity contribution in [2.75, 3.05) is 11.5 Å². The van der Waals surface area contributed by atoms with Crippen molar-refractivity contribution >= 4 is 17.6 Å². The van der Waals surface area contributed by atoms with Gasteiger partial charge in [0.2, 0.25) is 0 Å². The fourth-order valence-corrected chi connectivity index (χ4v) is 2.10. The van der Waals surface area contributed by atoms with Crippen molar-refractivity contribution in [1.29, 1.82) is 0 Å². The third kappa shape index (κ3) is 2.04. The molecule has 2 N–H and O–H groups in total. The summed E-state index contributed by atoms with van der Waals surface area (Å²) in [5, 5.41) is 4.25. The standard InChI is InChI=1S/C11H14N4S/c1-3-16-9-7-14-15(11(9)12)10-6-8(2)4-5-13-10/h4-7H,3,12H2,1-2H3. The summed E-state index contributed by atoms with van der Waals surface area (Å²) in [5.74, 6) is 2.40. The summed E-state index contributed by atoms with van der Waals surface area (Å²) in [7, 11) is 0. The smallest absolute Gasteiger partial charge is 0.155 e. The molecule has 0 atom stereocenters. The van der Waals surface area contributed by atoms with Crippen LogP contribution in [0.4, 0.5) is 5.82 Å². The number of rotatable bonds is 3. The van der Waals surface area contributed by atoms with Gasteiger partial charge in [-0.2, -0.15) is 9.78 Å². The minimum Gasteiger partial charge on any atom is -0.383 e. The van der Waals surface area contributed by atoms with Crippen LogP contribution >= 0.6 is 11.8 Å². The maximum Gasteiger partial charge on any atom is 0.155 e. The van der Waals surface area contributed by atoms with Crippen molar-refractivity contribution in [3.63, 3.8) is 0 Å². The van der Waals surface area contributed by atoms with Crippen molar-refractivity contribution in [2.24, 2.45) is 0 Å². The molecule has 2 heterocycles. The first-order valence-electron chi connectivity index (χ1n) is 5.11. The highest BCUT2D eigenvalue weighted by Gasteiger charge is 2.09. The molecule has 0 fully saturated rings. The van der Waals surface area contributed by atoms with E-state index in [1.54, 1.807) is 28.8 Å². The first kappa shape index (κ1) is 11.0. The van der Waals surface area contributed by atoms with Crippen LogP contribution in [0.2, 0.25) is 0 Å². The Morgan fingerprint density at radius 3 is 3.00 bits per heavy atom. The second-order valence-electron chi connectivity index (χ2n) is 3.43. The average Bonchev–Trinajstić information content (AvgIpc) is 2.61. The van der Waals surface area contributed by atoms with Crippen LogP contribution < -0.4 is 5.73 Å². The van der Waals surface area contributed by atoms with E-state index in [9.17, 15) is 0 Å². The molecule has 0 radical (unpaired) electrons. The van der Waals surface area contributed by atoms with Crippen molar-refractivity contribution < 1.29 is 0 Å². The first-order valence-corrected chi connectivity index (χ1v) is 6.10. The molecule has 2 rings (SSSR count). The van der Waals surface area contributed by atoms with Gasteiger partial charge >= 0.3 is 0 Å². The second-order valence-corrected chi connectivity index (χ2v) is 4.74. The summed E-state index contributed by atoms with van der Waals surface area (Å²) in [6, 6.07) is 3.91. The molecule has 0 aliphatic rings. The molecule has 0 aliphatic carbocycles. The number of nitrogen functional groups attached to an aromatic ring is 1. The SMILES string of the molecule is CCSc1cnn(-c2cc(C)ccn2)c1N. The molecule has 0 saturated carbocycles. The Hall–Kier alpha value is -1.49. The zero-order valence-electron chi connectivity index (χ0n) is 9.34. The molecule has 0 spiro atoms. The monoisotopic (exact) mass is 234 g/mol. The summed E-state index contributed by atoms with van der Waals surface area (Å²) in [5.41, 5.74) is 7.15. The number of nitrogens with two attached hydrogens (primary N) is 1. The van der Waals surface area contributed by atoms with E-state index < -0.39 is 0 Å². The zero-order chi connectivity index (χ0) is 11.5. The van der Waals surface area contributed by atoms with Gasteiger partial charge in [0.25, 0.3) is 0 Å². The molecule has 0 aliphatic heterocycles. The predicted octanol–water partition coefficient (Wildman–Crippen LogP) is 2.27. The van der Waals surface area contributed by atoms with Crippen LogP contribution in [0.3, 0.4) is 0 Å². The second kappa shape index (κ2) is 4.57. The van der Waals surface area contributed by atoms with Crippen LogP contribution in [0.5, 0.6) is 0 Å². The molecule has 0 aromatic carbocycles. The van der Waals surface area contributed by atoms with Gasteiger partial charge in [-0.15, -0.1) is 11.8 Å². The van der Waals surface area contributed by atoms with Crippen LogP contribution in [0.25, 0.3) is 5.82 Å². The molecule has 5 heteroatoms. The van der Waals surface area contributed by atoms with E-state index >= 15 is 0 Å². The van der Waals surface area contributed by atoms with Gasteiger partial charge in [0.05, 0.1) is 11.1 Å². The van der Waals surface area contributed by atoms with Crippen molar-refractivity contribution in [2.45, 2.75) is 18.7 Å². The predicted molar refractivity (Wildman–Crippen MR) is 66.9 cm³/mol. The average molecular weight is 234 g/mol. The van der Waals surface area contributed by atoms with Crippen molar-refractivity contribution in [3.05, 3.63) is 30.1 Å². The minimum atomic E-state index is 0.657. The molecule has 4 nitrogen and oxygen atoms in total. The number of thioether (sulfide) groups is 1. The van der Waals surface area contributed by atoms with Gasteiger partial charge in [-0.05, 0) is 30.4 Å². The van der Waals surface area contributed by atoms with E-state index in [2.05, 4.69) is 17.0 Å². The summed E-state index contributed by atoms with van der Waals surface area (Å²) in [6.07, 6.45) is 3.55. The third-order valence-corrected chi connectivity index (χ3v) is 3.10. The van der Waals surface area contributed by atoms with Crippen molar-refractivity contribution in [3.8, 4) is 5.82 Å². The van der Waals surface area contributed by atoms with E-state index in [0.717, 1.165) is 22.0 Å². The molecule has 16 heavy (non-hydrogen) atoms. The Kier molecular flexibility index (Phi) is 3.14. The van der Waals surface area contributed by atoms with Crippen LogP contribution in [0.15, 0.2) is 29.4 Å². The molecular weight excluding hydrogens is 220 g/mol. The fourth-order valence-electron chi connectivity index (χ4n) is 1.43. The molecule has 0 unspecified atom stereocenters. The highest BCUT2D eigenvalue weighted by atomic mass is 32.2. The normalized spacial score (nSPS) is 10.6. The zero-order valence-corrected chi connectivity index (χ0v) is 10.2. The Balaban J connectivity index is 2.41. The Labute approximate surface area is 98.9 Å². The lowest BCUT2D eigenvalue weighted by molar-refractivity contribution is 0.855. The molecule has 0 saturated heterocycles. The van der Waals surface area contributed by atoms with Crippen molar-refractivity contribution in [1.82, 2.24) is 14.8 Å². The lowest BCUT2D eigenvalue weighted by atomic mass is 10.3. The maximum absolute atomic E-state index is 6.01. The quantitative estimate of drug-likeness (QED) is 0.828. The Bertz CT molecular complexity index is 492. The number of hydrogen-bond donors (Lipinski definition) is 1. The molecule has 2 aromatic rings. The molecule has 0 amide bonds. The van der Waals surface area contributed by atoms with E-state index in [1.807, 2.05) is 19.1 Å². The summed E-state index contributed by atoms with van der Waals surface area (Å²) < 4.78 is 1.67. The molecule has 0 bridgehead atoms. The molecule has 84 valence electrons. The Morgan fingerprint density at radius 1 is 1.50 bits per heavy atom. The lowest BCUT2D eigenvalue weighted by Crippen LogP contribution is -2.04. The summed E-state index contributed by atoms with van der Waals surface area (Å²) in [4.78, 5) is 5.26. The van der Waals surface area contributed by atoms with Gasteiger partial charge in [0.15, 0.2) is 5.82 Å². The minimum absolute atomic E-state index is 0.657. The van der Waals surface area contributed by atoms with Crippen LogP contribution in [0, 0.1) is 6.92 Å². The van der Waals surface area contributed by atoms with Gasteiger partial charge in [0, 0.05) is 6.20 Å². The number of pyridine rings is 1. The lowest BCUT2D eigenvalue weighted by Gasteiger charge is -2.04. The summed E-state index contributed by atoms with van der Waals surface area (Å²) in [6.45, 7) is 4.11. The number of anilines is 1. The first-order chi connectivity index (χ1) is 7.72. The maximum atomic E-state index is 6.01. The van der Waals surface area contributed by atoms with Crippen LogP contribution in [-0.2, 0) is 0 Å².